The molecule has 2 heterocycles. The minimum Gasteiger partial charge on any atom is -0.464 e. The molecule has 1 aromatic carbocycles. The lowest BCUT2D eigenvalue weighted by Crippen LogP contribution is -2.13. The summed E-state index contributed by atoms with van der Waals surface area (Å²) in [6, 6.07) is 7.71. The Morgan fingerprint density at radius 2 is 2.22 bits per heavy atom. The molecule has 0 aliphatic carbocycles. The van der Waals surface area contributed by atoms with Crippen molar-refractivity contribution < 1.29 is 9.21 Å². The van der Waals surface area contributed by atoms with Crippen molar-refractivity contribution in [1.29, 1.82) is 0 Å². The Morgan fingerprint density at radius 1 is 1.39 bits per heavy atom. The summed E-state index contributed by atoms with van der Waals surface area (Å²) >= 11 is 0. The standard InChI is InChI=1S/C14H12N2O2/c1-10-15-6-7-16(10)14(17)8-11-9-18-13-5-3-2-4-12(11)13/h2-7,9H,8H2,1H3. The topological polar surface area (TPSA) is 48.0 Å². The summed E-state index contributed by atoms with van der Waals surface area (Å²) < 4.78 is 6.98. The van der Waals surface area contributed by atoms with Crippen LogP contribution in [0.3, 0.4) is 0 Å². The van der Waals surface area contributed by atoms with Crippen LogP contribution in [0.25, 0.3) is 11.0 Å². The first kappa shape index (κ1) is 10.8. The highest BCUT2D eigenvalue weighted by Crippen LogP contribution is 2.21. The van der Waals surface area contributed by atoms with Gasteiger partial charge in [-0.2, -0.15) is 0 Å². The molecule has 0 saturated heterocycles. The quantitative estimate of drug-likeness (QED) is 0.692. The number of aryl methyl sites for hydroxylation is 1. The molecule has 0 atom stereocenters. The van der Waals surface area contributed by atoms with Gasteiger partial charge < -0.3 is 4.42 Å². The Labute approximate surface area is 104 Å². The van der Waals surface area contributed by atoms with Crippen LogP contribution in [0.2, 0.25) is 0 Å². The fraction of sp³-hybridized carbons (Fsp3) is 0.143. The van der Waals surface area contributed by atoms with Crippen LogP contribution in [-0.4, -0.2) is 15.5 Å². The maximum absolute atomic E-state index is 12.1. The van der Waals surface area contributed by atoms with Crippen LogP contribution in [0.15, 0.2) is 47.3 Å². The summed E-state index contributed by atoms with van der Waals surface area (Å²) in [6.07, 6.45) is 5.27. The average Bonchev–Trinajstić information content (AvgIpc) is 2.97. The fourth-order valence-electron chi connectivity index (χ4n) is 2.06. The molecule has 0 fully saturated rings. The maximum Gasteiger partial charge on any atom is 0.236 e. The fourth-order valence-corrected chi connectivity index (χ4v) is 2.06. The number of para-hydroxylation sites is 1. The maximum atomic E-state index is 12.1. The number of fused-ring (bicyclic) bond motifs is 1. The number of furan rings is 1. The van der Waals surface area contributed by atoms with Crippen LogP contribution in [0.1, 0.15) is 16.2 Å². The Bertz CT molecular complexity index is 709. The molecule has 4 heteroatoms. The van der Waals surface area contributed by atoms with E-state index < -0.39 is 0 Å². The lowest BCUT2D eigenvalue weighted by Gasteiger charge is -2.02. The first-order chi connectivity index (χ1) is 8.75. The zero-order valence-electron chi connectivity index (χ0n) is 9.96. The molecular weight excluding hydrogens is 228 g/mol. The minimum absolute atomic E-state index is 0.00319. The average molecular weight is 240 g/mol. The second-order valence-corrected chi connectivity index (χ2v) is 4.17. The molecule has 0 N–H and O–H groups in total. The van der Waals surface area contributed by atoms with Crippen LogP contribution in [0.4, 0.5) is 0 Å². The molecule has 0 amide bonds. The highest BCUT2D eigenvalue weighted by molar-refractivity contribution is 5.88. The van der Waals surface area contributed by atoms with Crippen molar-refractivity contribution in [2.45, 2.75) is 13.3 Å². The zero-order valence-corrected chi connectivity index (χ0v) is 9.96. The van der Waals surface area contributed by atoms with Crippen molar-refractivity contribution in [3.05, 3.63) is 54.3 Å². The van der Waals surface area contributed by atoms with Crippen molar-refractivity contribution in [3.8, 4) is 0 Å². The molecule has 0 unspecified atom stereocenters. The summed E-state index contributed by atoms with van der Waals surface area (Å²) in [7, 11) is 0. The molecule has 90 valence electrons. The number of nitrogens with zero attached hydrogens (tertiary/aromatic N) is 2. The Hall–Kier alpha value is -2.36. The third-order valence-corrected chi connectivity index (χ3v) is 3.00. The van der Waals surface area contributed by atoms with Gasteiger partial charge in [0.1, 0.15) is 11.4 Å². The van der Waals surface area contributed by atoms with Gasteiger partial charge in [0.25, 0.3) is 0 Å². The Morgan fingerprint density at radius 3 is 3.00 bits per heavy atom. The lowest BCUT2D eigenvalue weighted by atomic mass is 10.1. The number of rotatable bonds is 2. The smallest absolute Gasteiger partial charge is 0.236 e. The second kappa shape index (κ2) is 4.14. The Balaban J connectivity index is 1.93. The van der Waals surface area contributed by atoms with Gasteiger partial charge >= 0.3 is 0 Å². The van der Waals surface area contributed by atoms with Gasteiger partial charge in [0, 0.05) is 23.3 Å². The molecule has 3 aromatic rings. The first-order valence-corrected chi connectivity index (χ1v) is 5.74. The second-order valence-electron chi connectivity index (χ2n) is 4.17. The van der Waals surface area contributed by atoms with E-state index in [0.29, 0.717) is 12.2 Å². The van der Waals surface area contributed by atoms with E-state index in [4.69, 9.17) is 4.42 Å². The third kappa shape index (κ3) is 1.72. The van der Waals surface area contributed by atoms with E-state index in [1.807, 2.05) is 31.2 Å². The number of hydrogen-bond acceptors (Lipinski definition) is 3. The van der Waals surface area contributed by atoms with E-state index in [2.05, 4.69) is 4.98 Å². The van der Waals surface area contributed by atoms with Crippen molar-refractivity contribution >= 4 is 16.9 Å². The molecule has 0 aliphatic rings. The molecular formula is C14H12N2O2. The molecule has 0 spiro atoms. The summed E-state index contributed by atoms with van der Waals surface area (Å²) in [5.41, 5.74) is 1.71. The summed E-state index contributed by atoms with van der Waals surface area (Å²) in [5.74, 6) is 0.698. The number of benzene rings is 1. The van der Waals surface area contributed by atoms with E-state index in [-0.39, 0.29) is 5.91 Å². The summed E-state index contributed by atoms with van der Waals surface area (Å²) in [4.78, 5) is 16.2. The molecule has 0 aliphatic heterocycles. The number of carbonyl (C=O) groups excluding carboxylic acids is 1. The van der Waals surface area contributed by atoms with Gasteiger partial charge in [-0.1, -0.05) is 18.2 Å². The van der Waals surface area contributed by atoms with Gasteiger partial charge in [0.15, 0.2) is 0 Å². The van der Waals surface area contributed by atoms with E-state index >= 15 is 0 Å². The Kier molecular flexibility index (Phi) is 2.48. The van der Waals surface area contributed by atoms with Crippen LogP contribution in [-0.2, 0) is 6.42 Å². The molecule has 18 heavy (non-hydrogen) atoms. The van der Waals surface area contributed by atoms with Crippen molar-refractivity contribution in [3.63, 3.8) is 0 Å². The van der Waals surface area contributed by atoms with Gasteiger partial charge in [0.2, 0.25) is 5.91 Å². The van der Waals surface area contributed by atoms with Gasteiger partial charge in [-0.05, 0) is 13.0 Å². The van der Waals surface area contributed by atoms with Crippen molar-refractivity contribution in [2.75, 3.05) is 0 Å². The van der Waals surface area contributed by atoms with Gasteiger partial charge in [-0.25, -0.2) is 4.98 Å². The summed E-state index contributed by atoms with van der Waals surface area (Å²) in [6.45, 7) is 1.81. The van der Waals surface area contributed by atoms with E-state index in [1.54, 1.807) is 23.2 Å². The molecule has 4 nitrogen and oxygen atoms in total. The van der Waals surface area contributed by atoms with Crippen LogP contribution < -0.4 is 0 Å². The predicted octanol–water partition coefficient (Wildman–Crippen LogP) is 2.82. The number of carbonyl (C=O) groups is 1. The highest BCUT2D eigenvalue weighted by atomic mass is 16.3. The molecule has 0 saturated carbocycles. The summed E-state index contributed by atoms with van der Waals surface area (Å²) in [5, 5.41) is 0.989. The monoisotopic (exact) mass is 240 g/mol. The van der Waals surface area contributed by atoms with Gasteiger partial charge in [0.05, 0.1) is 12.7 Å². The number of hydrogen-bond donors (Lipinski definition) is 0. The predicted molar refractivity (Wildman–Crippen MR) is 67.5 cm³/mol. The minimum atomic E-state index is -0.00319. The van der Waals surface area contributed by atoms with Crippen LogP contribution in [0.5, 0.6) is 0 Å². The molecule has 2 aromatic heterocycles. The van der Waals surface area contributed by atoms with Crippen LogP contribution >= 0.6 is 0 Å². The van der Waals surface area contributed by atoms with E-state index in [9.17, 15) is 4.79 Å². The zero-order chi connectivity index (χ0) is 12.5. The molecule has 0 bridgehead atoms. The first-order valence-electron chi connectivity index (χ1n) is 5.74. The highest BCUT2D eigenvalue weighted by Gasteiger charge is 2.12. The van der Waals surface area contributed by atoms with Gasteiger partial charge in [-0.15, -0.1) is 0 Å². The largest absolute Gasteiger partial charge is 0.464 e. The van der Waals surface area contributed by atoms with E-state index in [0.717, 1.165) is 16.5 Å². The number of aromatic nitrogens is 2. The molecule has 3 rings (SSSR count). The van der Waals surface area contributed by atoms with Crippen LogP contribution in [0, 0.1) is 6.92 Å². The van der Waals surface area contributed by atoms with Gasteiger partial charge in [-0.3, -0.25) is 9.36 Å². The lowest BCUT2D eigenvalue weighted by molar-refractivity contribution is 0.0911. The third-order valence-electron chi connectivity index (χ3n) is 3.00. The van der Waals surface area contributed by atoms with E-state index in [1.165, 1.54) is 0 Å². The van der Waals surface area contributed by atoms with Crippen molar-refractivity contribution in [1.82, 2.24) is 9.55 Å². The number of imidazole rings is 1. The SMILES string of the molecule is Cc1nccn1C(=O)Cc1coc2ccccc12. The molecule has 0 radical (unpaired) electrons. The van der Waals surface area contributed by atoms with Crippen molar-refractivity contribution in [2.24, 2.45) is 0 Å². The normalized spacial score (nSPS) is 10.9.